The number of fused-ring (bicyclic) bond motifs is 1. The number of hydrogen-bond donors (Lipinski definition) is 0. The third-order valence-corrected chi connectivity index (χ3v) is 4.74. The molecule has 0 aliphatic rings. The van der Waals surface area contributed by atoms with Crippen molar-refractivity contribution in [2.75, 3.05) is 0 Å². The van der Waals surface area contributed by atoms with Gasteiger partial charge < -0.3 is 4.18 Å². The maximum atomic E-state index is 12.7. The van der Waals surface area contributed by atoms with E-state index < -0.39 is 27.1 Å². The van der Waals surface area contributed by atoms with E-state index in [0.717, 1.165) is 0 Å². The molecule has 0 aliphatic heterocycles. The number of aromatic nitrogens is 4. The molecule has 0 N–H and O–H groups in total. The Morgan fingerprint density at radius 1 is 1.00 bits per heavy atom. The van der Waals surface area contributed by atoms with Crippen LogP contribution in [-0.2, 0) is 15.5 Å². The first-order valence-electron chi connectivity index (χ1n) is 8.17. The summed E-state index contributed by atoms with van der Waals surface area (Å²) in [6, 6.07) is 5.42. The van der Waals surface area contributed by atoms with Crippen LogP contribution in [0, 0.1) is 0 Å². The van der Waals surface area contributed by atoms with Gasteiger partial charge in [0.05, 0.1) is 23.2 Å². The Hall–Kier alpha value is -3.02. The molecule has 0 saturated carbocycles. The summed E-state index contributed by atoms with van der Waals surface area (Å²) in [5.41, 5.74) is -6.71. The lowest BCUT2D eigenvalue weighted by molar-refractivity contribution is -0.0501. The van der Waals surface area contributed by atoms with Gasteiger partial charge in [-0.15, -0.1) is 5.10 Å². The molecule has 0 bridgehead atoms. The summed E-state index contributed by atoms with van der Waals surface area (Å²) in [6.45, 7) is 5.61. The van der Waals surface area contributed by atoms with E-state index in [2.05, 4.69) is 19.2 Å². The second-order valence-electron chi connectivity index (χ2n) is 7.07. The quantitative estimate of drug-likeness (QED) is 0.467. The van der Waals surface area contributed by atoms with Gasteiger partial charge in [-0.05, 0) is 12.1 Å². The van der Waals surface area contributed by atoms with Crippen molar-refractivity contribution in [3.05, 3.63) is 52.8 Å². The molecule has 0 spiro atoms. The molecule has 2 aromatic heterocycles. The van der Waals surface area contributed by atoms with E-state index in [1.165, 1.54) is 36.7 Å². The summed E-state index contributed by atoms with van der Waals surface area (Å²) in [4.78, 5) is 21.0. The SMILES string of the molecule is CC(C)(C)c1ncc(-n2nc(OS(=O)(=O)C(F)(F)F)c3ccccc3c2=O)cn1. The molecule has 29 heavy (non-hydrogen) atoms. The monoisotopic (exact) mass is 428 g/mol. The van der Waals surface area contributed by atoms with Crippen LogP contribution in [0.2, 0.25) is 0 Å². The Kier molecular flexibility index (Phi) is 4.85. The van der Waals surface area contributed by atoms with Crippen molar-refractivity contribution in [3.8, 4) is 11.6 Å². The summed E-state index contributed by atoms with van der Waals surface area (Å²) in [5.74, 6) is -0.427. The van der Waals surface area contributed by atoms with Gasteiger partial charge in [0.15, 0.2) is 0 Å². The number of rotatable bonds is 3. The van der Waals surface area contributed by atoms with Crippen LogP contribution in [0.5, 0.6) is 5.88 Å². The Morgan fingerprint density at radius 3 is 2.07 bits per heavy atom. The minimum atomic E-state index is -5.99. The van der Waals surface area contributed by atoms with Crippen molar-refractivity contribution >= 4 is 20.9 Å². The molecule has 2 heterocycles. The summed E-state index contributed by atoms with van der Waals surface area (Å²) in [7, 11) is -5.99. The van der Waals surface area contributed by atoms with Gasteiger partial charge in [-0.25, -0.2) is 9.97 Å². The number of alkyl halides is 3. The highest BCUT2D eigenvalue weighted by Crippen LogP contribution is 2.29. The first-order valence-corrected chi connectivity index (χ1v) is 9.58. The van der Waals surface area contributed by atoms with E-state index in [-0.39, 0.29) is 21.9 Å². The number of nitrogens with zero attached hydrogens (tertiary/aromatic N) is 4. The van der Waals surface area contributed by atoms with Gasteiger partial charge >= 0.3 is 15.6 Å². The van der Waals surface area contributed by atoms with Crippen molar-refractivity contribution in [2.24, 2.45) is 0 Å². The highest BCUT2D eigenvalue weighted by molar-refractivity contribution is 7.88. The predicted octanol–water partition coefficient (Wildman–Crippen LogP) is 2.70. The zero-order valence-corrected chi connectivity index (χ0v) is 16.2. The predicted molar refractivity (Wildman–Crippen MR) is 97.2 cm³/mol. The highest BCUT2D eigenvalue weighted by Gasteiger charge is 2.49. The fourth-order valence-corrected chi connectivity index (χ4v) is 2.79. The maximum absolute atomic E-state index is 12.7. The Labute approximate surface area is 163 Å². The Bertz CT molecular complexity index is 1230. The minimum Gasteiger partial charge on any atom is -0.353 e. The fourth-order valence-electron chi connectivity index (χ4n) is 2.37. The molecule has 12 heteroatoms. The second-order valence-corrected chi connectivity index (χ2v) is 8.60. The topological polar surface area (TPSA) is 104 Å². The third-order valence-electron chi connectivity index (χ3n) is 3.80. The van der Waals surface area contributed by atoms with Crippen molar-refractivity contribution in [1.82, 2.24) is 19.7 Å². The van der Waals surface area contributed by atoms with Gasteiger partial charge in [-0.2, -0.15) is 26.3 Å². The summed E-state index contributed by atoms with van der Waals surface area (Å²) < 4.78 is 66.1. The standard InChI is InChI=1S/C17H15F3N4O4S/c1-16(2,3)15-21-8-10(9-22-15)24-14(25)12-7-5-4-6-11(12)13(23-24)28-29(26,27)17(18,19)20/h4-9H,1-3H3. The van der Waals surface area contributed by atoms with Crippen molar-refractivity contribution in [1.29, 1.82) is 0 Å². The van der Waals surface area contributed by atoms with Crippen LogP contribution in [0.25, 0.3) is 16.5 Å². The lowest BCUT2D eigenvalue weighted by Gasteiger charge is -2.16. The molecule has 3 rings (SSSR count). The van der Waals surface area contributed by atoms with Crippen LogP contribution < -0.4 is 9.74 Å². The largest absolute Gasteiger partial charge is 0.534 e. The van der Waals surface area contributed by atoms with Crippen LogP contribution in [0.1, 0.15) is 26.6 Å². The molecule has 0 amide bonds. The highest BCUT2D eigenvalue weighted by atomic mass is 32.2. The lowest BCUT2D eigenvalue weighted by atomic mass is 9.96. The second kappa shape index (κ2) is 6.79. The zero-order chi connectivity index (χ0) is 21.6. The van der Waals surface area contributed by atoms with Crippen molar-refractivity contribution in [3.63, 3.8) is 0 Å². The number of benzene rings is 1. The summed E-state index contributed by atoms with van der Waals surface area (Å²) >= 11 is 0. The van der Waals surface area contributed by atoms with Crippen molar-refractivity contribution < 1.29 is 25.8 Å². The van der Waals surface area contributed by atoms with Crippen LogP contribution in [0.15, 0.2) is 41.5 Å². The van der Waals surface area contributed by atoms with Gasteiger partial charge in [0.1, 0.15) is 11.5 Å². The maximum Gasteiger partial charge on any atom is 0.534 e. The number of halogens is 3. The summed E-state index contributed by atoms with van der Waals surface area (Å²) in [5, 5.41) is 3.41. The lowest BCUT2D eigenvalue weighted by Crippen LogP contribution is -2.30. The molecule has 0 radical (unpaired) electrons. The molecule has 3 aromatic rings. The Balaban J connectivity index is 2.22. The van der Waals surface area contributed by atoms with E-state index >= 15 is 0 Å². The van der Waals surface area contributed by atoms with Gasteiger partial charge in [-0.1, -0.05) is 32.9 Å². The first-order chi connectivity index (χ1) is 13.3. The van der Waals surface area contributed by atoms with Gasteiger partial charge in [0.25, 0.3) is 11.4 Å². The van der Waals surface area contributed by atoms with Crippen LogP contribution in [0.4, 0.5) is 13.2 Å². The molecular weight excluding hydrogens is 413 g/mol. The van der Waals surface area contributed by atoms with Gasteiger partial charge in [-0.3, -0.25) is 4.79 Å². The molecule has 1 aromatic carbocycles. The minimum absolute atomic E-state index is 0.0306. The summed E-state index contributed by atoms with van der Waals surface area (Å²) in [6.07, 6.45) is 2.53. The molecule has 154 valence electrons. The van der Waals surface area contributed by atoms with Crippen LogP contribution in [0.3, 0.4) is 0 Å². The molecule has 8 nitrogen and oxygen atoms in total. The number of hydrogen-bond acceptors (Lipinski definition) is 7. The third kappa shape index (κ3) is 3.92. The molecule has 0 saturated heterocycles. The van der Waals surface area contributed by atoms with Crippen LogP contribution >= 0.6 is 0 Å². The molecule has 0 atom stereocenters. The van der Waals surface area contributed by atoms with Crippen LogP contribution in [-0.4, -0.2) is 33.7 Å². The average molecular weight is 428 g/mol. The van der Waals surface area contributed by atoms with Crippen molar-refractivity contribution in [2.45, 2.75) is 31.7 Å². The van der Waals surface area contributed by atoms with Gasteiger partial charge in [0, 0.05) is 5.41 Å². The van der Waals surface area contributed by atoms with E-state index in [1.54, 1.807) is 0 Å². The molecule has 0 unspecified atom stereocenters. The average Bonchev–Trinajstić information content (AvgIpc) is 2.62. The van der Waals surface area contributed by atoms with Gasteiger partial charge in [0.2, 0.25) is 0 Å². The van der Waals surface area contributed by atoms with E-state index in [9.17, 15) is 26.4 Å². The smallest absolute Gasteiger partial charge is 0.353 e. The van der Waals surface area contributed by atoms with E-state index in [0.29, 0.717) is 10.5 Å². The molecule has 0 aliphatic carbocycles. The Morgan fingerprint density at radius 2 is 1.55 bits per heavy atom. The van der Waals surface area contributed by atoms with E-state index in [4.69, 9.17) is 0 Å². The molecular formula is C17H15F3N4O4S. The normalized spacial score (nSPS) is 12.9. The zero-order valence-electron chi connectivity index (χ0n) is 15.4. The molecule has 0 fully saturated rings. The van der Waals surface area contributed by atoms with E-state index in [1.807, 2.05) is 20.8 Å². The fraction of sp³-hybridized carbons (Fsp3) is 0.294. The first kappa shape index (κ1) is 20.7.